The van der Waals surface area contributed by atoms with E-state index in [0.717, 1.165) is 24.1 Å². The molecule has 9 heteroatoms. The number of rotatable bonds is 6. The van der Waals surface area contributed by atoms with Gasteiger partial charge in [0.05, 0.1) is 24.1 Å². The molecule has 7 nitrogen and oxygen atoms in total. The third kappa shape index (κ3) is 3.72. The first-order valence-corrected chi connectivity index (χ1v) is 6.29. The Labute approximate surface area is 115 Å². The lowest BCUT2D eigenvalue weighted by Crippen LogP contribution is -1.83. The minimum absolute atomic E-state index is 0.0532. The highest BCUT2D eigenvalue weighted by Crippen LogP contribution is 2.34. The van der Waals surface area contributed by atoms with E-state index in [2.05, 4.69) is 18.7 Å². The zero-order valence-electron chi connectivity index (χ0n) is 9.18. The third-order valence-corrected chi connectivity index (χ3v) is 3.33. The fourth-order valence-corrected chi connectivity index (χ4v) is 2.36. The molecule has 0 aromatic heterocycles. The van der Waals surface area contributed by atoms with Crippen LogP contribution in [-0.2, 0) is 18.7 Å². The van der Waals surface area contributed by atoms with Crippen LogP contribution in [0.1, 0.15) is 0 Å². The number of phenols is 1. The molecular weight excluding hydrogens is 296 g/mol. The lowest BCUT2D eigenvalue weighted by atomic mass is 10.1. The second-order valence-corrected chi connectivity index (χ2v) is 4.83. The van der Waals surface area contributed by atoms with Crippen molar-refractivity contribution in [3.05, 3.63) is 30.3 Å². The quantitative estimate of drug-likeness (QED) is 0.421. The minimum Gasteiger partial charge on any atom is -0.507 e. The summed E-state index contributed by atoms with van der Waals surface area (Å²) in [6, 6.07) is 8.26. The van der Waals surface area contributed by atoms with Crippen molar-refractivity contribution in [3.8, 4) is 5.75 Å². The van der Waals surface area contributed by atoms with Gasteiger partial charge in [-0.15, -0.1) is 8.67 Å². The van der Waals surface area contributed by atoms with Crippen molar-refractivity contribution in [2.24, 2.45) is 0 Å². The van der Waals surface area contributed by atoms with Gasteiger partial charge in [0.1, 0.15) is 5.75 Å². The third-order valence-electron chi connectivity index (χ3n) is 2.20. The fraction of sp³-hybridized carbons (Fsp3) is 0. The largest absolute Gasteiger partial charge is 0.507 e. The summed E-state index contributed by atoms with van der Waals surface area (Å²) in [6.07, 6.45) is 0. The van der Waals surface area contributed by atoms with Gasteiger partial charge >= 0.3 is 0 Å². The van der Waals surface area contributed by atoms with Crippen LogP contribution in [0.15, 0.2) is 40.1 Å². The van der Waals surface area contributed by atoms with Crippen LogP contribution in [0.5, 0.6) is 5.75 Å². The molecule has 19 heavy (non-hydrogen) atoms. The van der Waals surface area contributed by atoms with Gasteiger partial charge in [-0.25, -0.2) is 10.5 Å². The average Bonchev–Trinajstić information content (AvgIpc) is 2.42. The Morgan fingerprint density at radius 2 is 1.47 bits per heavy atom. The molecule has 0 bridgehead atoms. The summed E-state index contributed by atoms with van der Waals surface area (Å²) >= 11 is 1.55. The van der Waals surface area contributed by atoms with Crippen LogP contribution in [-0.4, -0.2) is 15.6 Å². The molecule has 0 radical (unpaired) electrons. The van der Waals surface area contributed by atoms with Crippen LogP contribution in [0.25, 0.3) is 10.8 Å². The van der Waals surface area contributed by atoms with E-state index in [4.69, 9.17) is 10.5 Å². The standard InChI is InChI=1S/C10H8O7S2/c11-10-5-8(19-17-15-13)4-6-3-7(18-16-14-12)1-2-9(6)10/h1-5,11-13H. The summed E-state index contributed by atoms with van der Waals surface area (Å²) in [7, 11) is 0. The van der Waals surface area contributed by atoms with E-state index >= 15 is 0 Å². The molecule has 2 rings (SSSR count). The van der Waals surface area contributed by atoms with E-state index in [0.29, 0.717) is 20.6 Å². The Hall–Kier alpha value is -1.04. The number of aromatic hydroxyl groups is 1. The van der Waals surface area contributed by atoms with E-state index in [-0.39, 0.29) is 5.75 Å². The normalized spacial score (nSPS) is 11.1. The van der Waals surface area contributed by atoms with Gasteiger partial charge in [-0.2, -0.15) is 0 Å². The molecule has 0 saturated heterocycles. The summed E-state index contributed by atoms with van der Waals surface area (Å²) in [6.45, 7) is 0. The molecule has 2 aromatic rings. The maximum Gasteiger partial charge on any atom is 0.124 e. The second-order valence-electron chi connectivity index (χ2n) is 3.28. The first-order valence-electron chi connectivity index (χ1n) is 4.81. The van der Waals surface area contributed by atoms with Gasteiger partial charge in [0.25, 0.3) is 0 Å². The van der Waals surface area contributed by atoms with Gasteiger partial charge in [-0.1, -0.05) is 10.1 Å². The van der Waals surface area contributed by atoms with E-state index < -0.39 is 0 Å². The molecule has 0 saturated carbocycles. The Morgan fingerprint density at radius 1 is 0.842 bits per heavy atom. The summed E-state index contributed by atoms with van der Waals surface area (Å²) < 4.78 is 8.62. The number of phenolic OH excluding ortho intramolecular Hbond substituents is 1. The highest BCUT2D eigenvalue weighted by Gasteiger charge is 2.07. The van der Waals surface area contributed by atoms with Crippen molar-refractivity contribution in [1.82, 2.24) is 0 Å². The van der Waals surface area contributed by atoms with Crippen LogP contribution in [0.4, 0.5) is 0 Å². The molecule has 2 aromatic carbocycles. The molecule has 0 fully saturated rings. The Bertz CT molecular complexity index is 558. The average molecular weight is 304 g/mol. The SMILES string of the molecule is OOOSc1ccc2c(O)cc(SOOO)cc2c1. The lowest BCUT2D eigenvalue weighted by molar-refractivity contribution is -0.432. The van der Waals surface area contributed by atoms with Crippen molar-refractivity contribution in [2.75, 3.05) is 0 Å². The highest BCUT2D eigenvalue weighted by molar-refractivity contribution is 7.94. The second kappa shape index (κ2) is 6.93. The van der Waals surface area contributed by atoms with E-state index in [1.807, 2.05) is 0 Å². The van der Waals surface area contributed by atoms with Crippen molar-refractivity contribution < 1.29 is 34.4 Å². The first-order chi connectivity index (χ1) is 9.24. The van der Waals surface area contributed by atoms with Crippen LogP contribution >= 0.6 is 24.1 Å². The van der Waals surface area contributed by atoms with Gasteiger partial charge in [0, 0.05) is 15.2 Å². The molecule has 0 spiro atoms. The van der Waals surface area contributed by atoms with Gasteiger partial charge in [0.15, 0.2) is 0 Å². The van der Waals surface area contributed by atoms with Gasteiger partial charge in [-0.05, 0) is 35.7 Å². The van der Waals surface area contributed by atoms with Gasteiger partial charge in [-0.3, -0.25) is 0 Å². The predicted molar refractivity (Wildman–Crippen MR) is 66.9 cm³/mol. The summed E-state index contributed by atoms with van der Waals surface area (Å²) in [5.41, 5.74) is 0. The Morgan fingerprint density at radius 3 is 2.16 bits per heavy atom. The van der Waals surface area contributed by atoms with Crippen molar-refractivity contribution in [3.63, 3.8) is 0 Å². The molecule has 0 aliphatic rings. The van der Waals surface area contributed by atoms with Crippen molar-refractivity contribution in [2.45, 2.75) is 9.79 Å². The zero-order valence-corrected chi connectivity index (χ0v) is 10.8. The number of fused-ring (bicyclic) bond motifs is 1. The van der Waals surface area contributed by atoms with Crippen LogP contribution in [0.3, 0.4) is 0 Å². The summed E-state index contributed by atoms with van der Waals surface area (Å²) in [4.78, 5) is 1.18. The molecular formula is C10H8O7S2. The van der Waals surface area contributed by atoms with E-state index in [1.165, 1.54) is 6.07 Å². The number of hydrogen-bond donors (Lipinski definition) is 3. The van der Waals surface area contributed by atoms with Crippen LogP contribution in [0.2, 0.25) is 0 Å². The number of hydrogen-bond acceptors (Lipinski definition) is 9. The van der Waals surface area contributed by atoms with Crippen LogP contribution in [0, 0.1) is 0 Å². The van der Waals surface area contributed by atoms with E-state index in [9.17, 15) is 5.11 Å². The minimum atomic E-state index is 0.0532. The molecule has 0 aliphatic carbocycles. The van der Waals surface area contributed by atoms with Crippen LogP contribution < -0.4 is 0 Å². The lowest BCUT2D eigenvalue weighted by Gasteiger charge is -2.06. The van der Waals surface area contributed by atoms with Crippen molar-refractivity contribution in [1.29, 1.82) is 0 Å². The maximum atomic E-state index is 9.84. The summed E-state index contributed by atoms with van der Waals surface area (Å²) in [5.74, 6) is 0.0532. The number of benzene rings is 2. The molecule has 102 valence electrons. The molecule has 3 N–H and O–H groups in total. The Kier molecular flexibility index (Phi) is 5.24. The molecule has 0 amide bonds. The summed E-state index contributed by atoms with van der Waals surface area (Å²) in [5, 5.41) is 34.3. The molecule has 0 unspecified atom stereocenters. The topological polar surface area (TPSA) is 97.6 Å². The highest BCUT2D eigenvalue weighted by atomic mass is 32.2. The monoisotopic (exact) mass is 304 g/mol. The maximum absolute atomic E-state index is 9.84. The molecule has 0 aliphatic heterocycles. The first kappa shape index (κ1) is 14.4. The molecule has 0 heterocycles. The predicted octanol–water partition coefficient (Wildman–Crippen LogP) is 3.40. The van der Waals surface area contributed by atoms with Crippen molar-refractivity contribution >= 4 is 34.9 Å². The smallest absolute Gasteiger partial charge is 0.124 e. The zero-order chi connectivity index (χ0) is 13.7. The van der Waals surface area contributed by atoms with E-state index in [1.54, 1.807) is 24.3 Å². The van der Waals surface area contributed by atoms with Gasteiger partial charge in [0.2, 0.25) is 0 Å². The van der Waals surface area contributed by atoms with Gasteiger partial charge < -0.3 is 5.11 Å². The molecule has 0 atom stereocenters. The Balaban J connectivity index is 2.33. The fourth-order valence-electron chi connectivity index (χ4n) is 1.51.